The lowest BCUT2D eigenvalue weighted by atomic mass is 9.84. The van der Waals surface area contributed by atoms with Crippen LogP contribution < -0.4 is 15.3 Å². The van der Waals surface area contributed by atoms with E-state index in [2.05, 4.69) is 127 Å². The van der Waals surface area contributed by atoms with Crippen molar-refractivity contribution in [3.8, 4) is 11.3 Å². The summed E-state index contributed by atoms with van der Waals surface area (Å²) < 4.78 is 29.0. The minimum atomic E-state index is -2.82. The Morgan fingerprint density at radius 1 is 0.881 bits per heavy atom. The molecule has 6 aromatic rings. The van der Waals surface area contributed by atoms with Gasteiger partial charge in [-0.1, -0.05) is 113 Å². The zero-order valence-corrected chi connectivity index (χ0v) is 37.6. The van der Waals surface area contributed by atoms with E-state index in [0.717, 1.165) is 33.6 Å². The molecular formula is C48H54BrFN4O4Si. The number of carbonyl (C=O) groups excluding carboxylic acids is 1. The quantitative estimate of drug-likeness (QED) is 0.116. The number of anilines is 1. The average Bonchev–Trinajstić information content (AvgIpc) is 3.56. The van der Waals surface area contributed by atoms with E-state index in [-0.39, 0.29) is 28.3 Å². The number of aromatic nitrogens is 2. The summed E-state index contributed by atoms with van der Waals surface area (Å²) >= 11 is 3.49. The van der Waals surface area contributed by atoms with Gasteiger partial charge in [0.15, 0.2) is 0 Å². The predicted octanol–water partition coefficient (Wildman–Crippen LogP) is 9.88. The number of hydrogen-bond donors (Lipinski definition) is 1. The third kappa shape index (κ3) is 8.95. The molecule has 308 valence electrons. The van der Waals surface area contributed by atoms with E-state index in [4.69, 9.17) is 19.0 Å². The summed E-state index contributed by atoms with van der Waals surface area (Å²) in [6.07, 6.45) is 2.21. The molecule has 1 aliphatic heterocycles. The molecule has 8 nitrogen and oxygen atoms in total. The molecule has 0 aliphatic carbocycles. The number of H-pyrrole nitrogens is 1. The first kappa shape index (κ1) is 42.5. The first-order valence-electron chi connectivity index (χ1n) is 20.3. The number of carbonyl (C=O) groups is 1. The van der Waals surface area contributed by atoms with Gasteiger partial charge in [-0.05, 0) is 86.0 Å². The molecule has 7 rings (SSSR count). The highest BCUT2D eigenvalue weighted by atomic mass is 79.9. The summed E-state index contributed by atoms with van der Waals surface area (Å²) in [5, 5.41) is 4.95. The normalized spacial score (nSPS) is 14.8. The second-order valence-corrected chi connectivity index (χ2v) is 22.4. The molecule has 1 fully saturated rings. The van der Waals surface area contributed by atoms with Crippen molar-refractivity contribution in [1.82, 2.24) is 15.0 Å². The Kier molecular flexibility index (Phi) is 12.6. The van der Waals surface area contributed by atoms with Crippen LogP contribution in [0.2, 0.25) is 5.04 Å². The van der Waals surface area contributed by atoms with Crippen molar-refractivity contribution in [1.29, 1.82) is 0 Å². The van der Waals surface area contributed by atoms with Gasteiger partial charge in [0, 0.05) is 43.3 Å². The number of nitrogens with one attached hydrogen (secondary N) is 1. The third-order valence-electron chi connectivity index (χ3n) is 11.4. The molecule has 1 aliphatic rings. The van der Waals surface area contributed by atoms with Crippen molar-refractivity contribution < 1.29 is 23.2 Å². The van der Waals surface area contributed by atoms with Crippen molar-refractivity contribution >= 4 is 57.2 Å². The van der Waals surface area contributed by atoms with Crippen molar-refractivity contribution in [2.24, 2.45) is 5.41 Å². The van der Waals surface area contributed by atoms with Crippen LogP contribution in [-0.4, -0.2) is 69.2 Å². The maximum Gasteiger partial charge on any atom is 0.357 e. The third-order valence-corrected chi connectivity index (χ3v) is 17.0. The number of nitrogens with zero attached hydrogens (tertiary/aromatic N) is 3. The SMILES string of the molecule is CO[C@@H](C)c1ncc(N2CCN(OC(=O)c3ccccc3)CC2)cc1-c1[nH]c2cc(F)c(Br)cc2c1CC(C)(C)CO[Si](c1ccccc1)(c1ccccc1)C(C)(C)C. The fraction of sp³-hybridized carbons (Fsp3) is 0.333. The van der Waals surface area contributed by atoms with Crippen molar-refractivity contribution in [2.45, 2.75) is 59.1 Å². The van der Waals surface area contributed by atoms with E-state index in [1.54, 1.807) is 30.4 Å². The first-order valence-corrected chi connectivity index (χ1v) is 23.0. The lowest BCUT2D eigenvalue weighted by molar-refractivity contribution is -0.112. The van der Waals surface area contributed by atoms with Gasteiger partial charge in [-0.15, -0.1) is 5.06 Å². The van der Waals surface area contributed by atoms with Gasteiger partial charge in [0.2, 0.25) is 0 Å². The molecule has 4 aromatic carbocycles. The van der Waals surface area contributed by atoms with Crippen LogP contribution in [-0.2, 0) is 20.4 Å². The molecule has 59 heavy (non-hydrogen) atoms. The molecule has 3 heterocycles. The van der Waals surface area contributed by atoms with Crippen LogP contribution in [0.3, 0.4) is 0 Å². The van der Waals surface area contributed by atoms with E-state index in [1.165, 1.54) is 10.4 Å². The molecule has 0 radical (unpaired) electrons. The summed E-state index contributed by atoms with van der Waals surface area (Å²) in [5.41, 5.74) is 5.40. The average molecular weight is 878 g/mol. The lowest BCUT2D eigenvalue weighted by Crippen LogP contribution is -2.67. The number of methoxy groups -OCH3 is 1. The highest BCUT2D eigenvalue weighted by molar-refractivity contribution is 9.10. The maximum atomic E-state index is 15.2. The highest BCUT2D eigenvalue weighted by Gasteiger charge is 2.51. The molecule has 0 bridgehead atoms. The number of hydrogen-bond acceptors (Lipinski definition) is 7. The number of rotatable bonds is 13. The molecule has 11 heteroatoms. The Labute approximate surface area is 356 Å². The lowest BCUT2D eigenvalue weighted by Gasteiger charge is -2.44. The predicted molar refractivity (Wildman–Crippen MR) is 241 cm³/mol. The number of ether oxygens (including phenoxy) is 1. The van der Waals surface area contributed by atoms with E-state index in [9.17, 15) is 4.79 Å². The summed E-state index contributed by atoms with van der Waals surface area (Å²) in [6.45, 7) is 16.2. The maximum absolute atomic E-state index is 15.2. The van der Waals surface area contributed by atoms with Crippen LogP contribution in [0.5, 0.6) is 0 Å². The van der Waals surface area contributed by atoms with E-state index in [0.29, 0.717) is 54.8 Å². The smallest absolute Gasteiger partial charge is 0.357 e. The molecular weight excluding hydrogens is 824 g/mol. The molecule has 0 amide bonds. The Morgan fingerprint density at radius 2 is 1.47 bits per heavy atom. The molecule has 1 saturated heterocycles. The van der Waals surface area contributed by atoms with Crippen LogP contribution in [0, 0.1) is 11.2 Å². The monoisotopic (exact) mass is 876 g/mol. The topological polar surface area (TPSA) is 79.9 Å². The fourth-order valence-corrected chi connectivity index (χ4v) is 13.4. The van der Waals surface area contributed by atoms with Gasteiger partial charge >= 0.3 is 5.97 Å². The van der Waals surface area contributed by atoms with Gasteiger partial charge in [-0.2, -0.15) is 0 Å². The van der Waals surface area contributed by atoms with Crippen LogP contribution >= 0.6 is 15.9 Å². The van der Waals surface area contributed by atoms with E-state index >= 15 is 4.39 Å². The Balaban J connectivity index is 1.24. The van der Waals surface area contributed by atoms with Crippen LogP contribution in [0.1, 0.15) is 69.3 Å². The number of piperazine rings is 1. The van der Waals surface area contributed by atoms with Crippen molar-refractivity contribution in [2.75, 3.05) is 44.8 Å². The number of benzene rings is 4. The van der Waals surface area contributed by atoms with Gasteiger partial charge in [0.1, 0.15) is 5.82 Å². The van der Waals surface area contributed by atoms with Crippen LogP contribution in [0.15, 0.2) is 120 Å². The molecule has 0 saturated carbocycles. The molecule has 0 spiro atoms. The molecule has 1 atom stereocenters. The molecule has 1 N–H and O–H groups in total. The first-order chi connectivity index (χ1) is 28.2. The van der Waals surface area contributed by atoms with Crippen LogP contribution in [0.25, 0.3) is 22.2 Å². The minimum Gasteiger partial charge on any atom is -0.407 e. The number of aromatic amines is 1. The fourth-order valence-electron chi connectivity index (χ4n) is 8.31. The number of pyridine rings is 1. The number of fused-ring (bicyclic) bond motifs is 1. The van der Waals surface area contributed by atoms with Gasteiger partial charge in [-0.25, -0.2) is 9.18 Å². The zero-order valence-electron chi connectivity index (χ0n) is 35.0. The zero-order chi connectivity index (χ0) is 42.0. The van der Waals surface area contributed by atoms with Crippen molar-refractivity contribution in [3.63, 3.8) is 0 Å². The van der Waals surface area contributed by atoms with Gasteiger partial charge in [0.05, 0.1) is 52.5 Å². The van der Waals surface area contributed by atoms with Crippen molar-refractivity contribution in [3.05, 3.63) is 143 Å². The number of hydroxylamine groups is 2. The highest BCUT2D eigenvalue weighted by Crippen LogP contribution is 2.42. The van der Waals surface area contributed by atoms with E-state index < -0.39 is 8.32 Å². The second kappa shape index (κ2) is 17.5. The Morgan fingerprint density at radius 3 is 2.05 bits per heavy atom. The number of halogens is 2. The molecule has 2 aromatic heterocycles. The summed E-state index contributed by atoms with van der Waals surface area (Å²) in [5.74, 6) is -0.704. The summed E-state index contributed by atoms with van der Waals surface area (Å²) in [6, 6.07) is 36.1. The van der Waals surface area contributed by atoms with E-state index in [1.807, 2.05) is 37.4 Å². The van der Waals surface area contributed by atoms with Gasteiger partial charge < -0.3 is 23.9 Å². The van der Waals surface area contributed by atoms with Crippen LogP contribution in [0.4, 0.5) is 10.1 Å². The molecule has 0 unspecified atom stereocenters. The largest absolute Gasteiger partial charge is 0.407 e. The van der Waals surface area contributed by atoms with Gasteiger partial charge in [-0.3, -0.25) is 4.98 Å². The Bertz CT molecular complexity index is 2340. The Hall–Kier alpha value is -4.65. The standard InChI is InChI=1S/C48H54BrFN4O4Si/c1-33(56-7)44-39(27-35(31-51-44)53-23-25-54(26-24-53)58-46(55)34-17-11-8-12-18-34)45-40(38-28-41(49)42(50)29-43(38)52-45)30-48(5,6)32-57-59(47(2,3)4,36-19-13-9-14-20-36)37-21-15-10-16-22-37/h8-22,27-29,31,33,52H,23-26,30,32H2,1-7H3/t33-/m0/s1. The minimum absolute atomic E-state index is 0.174. The summed E-state index contributed by atoms with van der Waals surface area (Å²) in [7, 11) is -1.14. The second-order valence-electron chi connectivity index (χ2n) is 17.2. The van der Waals surface area contributed by atoms with Gasteiger partial charge in [0.25, 0.3) is 8.32 Å². The summed E-state index contributed by atoms with van der Waals surface area (Å²) in [4.78, 5) is 29.4.